The Morgan fingerprint density at radius 1 is 1.45 bits per heavy atom. The van der Waals surface area contributed by atoms with E-state index < -0.39 is 9.05 Å². The first-order valence-corrected chi connectivity index (χ1v) is 8.58. The molecule has 0 bridgehead atoms. The fraction of sp³-hybridized carbons (Fsp3) is 0.462. The number of fused-ring (bicyclic) bond motifs is 1. The van der Waals surface area contributed by atoms with Crippen molar-refractivity contribution in [3.05, 3.63) is 18.2 Å². The smallest absolute Gasteiger partial charge is 0.261 e. The third-order valence-corrected chi connectivity index (χ3v) is 4.38. The van der Waals surface area contributed by atoms with Crippen LogP contribution < -0.4 is 9.64 Å². The quantitative estimate of drug-likeness (QED) is 0.786. The molecule has 5 nitrogen and oxygen atoms in total. The molecule has 2 rings (SSSR count). The number of hydrogen-bond donors (Lipinski definition) is 0. The van der Waals surface area contributed by atoms with Crippen molar-refractivity contribution in [2.24, 2.45) is 5.92 Å². The number of halogens is 1. The molecule has 0 aromatic heterocycles. The SMILES string of the molecule is CC1CN(C(=O)C(C)C)c2cc(S(=O)(=O)Cl)ccc2O1. The molecule has 0 spiro atoms. The lowest BCUT2D eigenvalue weighted by atomic mass is 10.1. The minimum atomic E-state index is -3.84. The zero-order valence-electron chi connectivity index (χ0n) is 11.5. The van der Waals surface area contributed by atoms with Crippen molar-refractivity contribution in [2.45, 2.75) is 31.8 Å². The normalized spacial score (nSPS) is 18.6. The van der Waals surface area contributed by atoms with Gasteiger partial charge in [0, 0.05) is 16.6 Å². The summed E-state index contributed by atoms with van der Waals surface area (Å²) in [5.41, 5.74) is 0.448. The van der Waals surface area contributed by atoms with E-state index in [0.717, 1.165) is 0 Å². The summed E-state index contributed by atoms with van der Waals surface area (Å²) in [5, 5.41) is 0. The van der Waals surface area contributed by atoms with Crippen LogP contribution in [0.25, 0.3) is 0 Å². The molecule has 20 heavy (non-hydrogen) atoms. The summed E-state index contributed by atoms with van der Waals surface area (Å²) in [4.78, 5) is 13.8. The summed E-state index contributed by atoms with van der Waals surface area (Å²) in [6.45, 7) is 5.83. The fourth-order valence-electron chi connectivity index (χ4n) is 2.09. The van der Waals surface area contributed by atoms with Gasteiger partial charge in [-0.1, -0.05) is 13.8 Å². The maximum Gasteiger partial charge on any atom is 0.261 e. The molecule has 1 heterocycles. The second-order valence-electron chi connectivity index (χ2n) is 5.10. The highest BCUT2D eigenvalue weighted by atomic mass is 35.7. The van der Waals surface area contributed by atoms with Crippen LogP contribution in [-0.2, 0) is 13.8 Å². The Morgan fingerprint density at radius 2 is 2.10 bits per heavy atom. The molecule has 1 atom stereocenters. The Kier molecular flexibility index (Phi) is 3.97. The number of nitrogens with zero attached hydrogens (tertiary/aromatic N) is 1. The van der Waals surface area contributed by atoms with Gasteiger partial charge in [0.15, 0.2) is 0 Å². The van der Waals surface area contributed by atoms with Gasteiger partial charge in [-0.25, -0.2) is 8.42 Å². The summed E-state index contributed by atoms with van der Waals surface area (Å²) in [5.74, 6) is 0.219. The first kappa shape index (κ1) is 15.1. The van der Waals surface area contributed by atoms with E-state index in [1.807, 2.05) is 6.92 Å². The molecule has 0 aliphatic carbocycles. The van der Waals surface area contributed by atoms with Crippen LogP contribution in [0.2, 0.25) is 0 Å². The lowest BCUT2D eigenvalue weighted by Crippen LogP contribution is -2.44. The average molecular weight is 318 g/mol. The minimum absolute atomic E-state index is 0.0439. The molecule has 0 radical (unpaired) electrons. The molecular weight excluding hydrogens is 302 g/mol. The van der Waals surface area contributed by atoms with E-state index in [-0.39, 0.29) is 22.8 Å². The standard InChI is InChI=1S/C13H16ClNO4S/c1-8(2)13(16)15-7-9(3)19-12-5-4-10(6-11(12)15)20(14,17)18/h4-6,8-9H,7H2,1-3H3. The molecule has 0 saturated heterocycles. The highest BCUT2D eigenvalue weighted by Gasteiger charge is 2.30. The van der Waals surface area contributed by atoms with E-state index in [9.17, 15) is 13.2 Å². The van der Waals surface area contributed by atoms with Crippen LogP contribution in [0.3, 0.4) is 0 Å². The Balaban J connectivity index is 2.53. The Morgan fingerprint density at radius 3 is 2.65 bits per heavy atom. The molecule has 0 fully saturated rings. The molecule has 1 unspecified atom stereocenters. The zero-order chi connectivity index (χ0) is 15.1. The maximum absolute atomic E-state index is 12.3. The average Bonchev–Trinajstić information content (AvgIpc) is 2.34. The zero-order valence-corrected chi connectivity index (χ0v) is 13.0. The van der Waals surface area contributed by atoms with Crippen LogP contribution >= 0.6 is 10.7 Å². The number of carbonyl (C=O) groups excluding carboxylic acids is 1. The first-order chi connectivity index (χ1) is 9.20. The second kappa shape index (κ2) is 5.26. The fourth-order valence-corrected chi connectivity index (χ4v) is 2.86. The van der Waals surface area contributed by atoms with Crippen molar-refractivity contribution >= 4 is 31.3 Å². The lowest BCUT2D eigenvalue weighted by molar-refractivity contribution is -0.121. The number of carbonyl (C=O) groups is 1. The van der Waals surface area contributed by atoms with Crippen molar-refractivity contribution in [2.75, 3.05) is 11.4 Å². The van der Waals surface area contributed by atoms with Crippen molar-refractivity contribution in [3.8, 4) is 5.75 Å². The van der Waals surface area contributed by atoms with Crippen LogP contribution in [0.15, 0.2) is 23.1 Å². The highest BCUT2D eigenvalue weighted by Crippen LogP contribution is 2.36. The van der Waals surface area contributed by atoms with E-state index in [1.54, 1.807) is 18.7 Å². The highest BCUT2D eigenvalue weighted by molar-refractivity contribution is 8.13. The van der Waals surface area contributed by atoms with Gasteiger partial charge in [0.1, 0.15) is 11.9 Å². The summed E-state index contributed by atoms with van der Waals surface area (Å²) in [7, 11) is 1.51. The van der Waals surface area contributed by atoms with Crippen molar-refractivity contribution in [1.82, 2.24) is 0 Å². The largest absolute Gasteiger partial charge is 0.487 e. The van der Waals surface area contributed by atoms with Gasteiger partial charge in [-0.2, -0.15) is 0 Å². The van der Waals surface area contributed by atoms with Gasteiger partial charge < -0.3 is 9.64 Å². The molecule has 1 aliphatic rings. The van der Waals surface area contributed by atoms with Gasteiger partial charge in [0.25, 0.3) is 9.05 Å². The van der Waals surface area contributed by atoms with Crippen molar-refractivity contribution in [3.63, 3.8) is 0 Å². The third-order valence-electron chi connectivity index (χ3n) is 3.03. The molecule has 1 aliphatic heterocycles. The summed E-state index contributed by atoms with van der Waals surface area (Å²) in [6.07, 6.45) is -0.149. The number of benzene rings is 1. The van der Waals surface area contributed by atoms with Gasteiger partial charge in [-0.05, 0) is 25.1 Å². The van der Waals surface area contributed by atoms with Crippen LogP contribution in [0.5, 0.6) is 5.75 Å². The first-order valence-electron chi connectivity index (χ1n) is 6.27. The van der Waals surface area contributed by atoms with Gasteiger partial charge in [0.05, 0.1) is 17.1 Å². The monoisotopic (exact) mass is 317 g/mol. The summed E-state index contributed by atoms with van der Waals surface area (Å²) >= 11 is 0. The molecule has 1 aromatic carbocycles. The van der Waals surface area contributed by atoms with Gasteiger partial charge in [-0.15, -0.1) is 0 Å². The number of hydrogen-bond acceptors (Lipinski definition) is 4. The number of anilines is 1. The van der Waals surface area contributed by atoms with Crippen LogP contribution in [0.1, 0.15) is 20.8 Å². The third kappa shape index (κ3) is 2.91. The lowest BCUT2D eigenvalue weighted by Gasteiger charge is -2.34. The van der Waals surface area contributed by atoms with Gasteiger partial charge in [-0.3, -0.25) is 4.79 Å². The van der Waals surface area contributed by atoms with Crippen LogP contribution in [-0.4, -0.2) is 27.0 Å². The van der Waals surface area contributed by atoms with Crippen molar-refractivity contribution in [1.29, 1.82) is 0 Å². The Labute approximate surface area is 122 Å². The molecule has 1 aromatic rings. The molecule has 7 heteroatoms. The van der Waals surface area contributed by atoms with Gasteiger partial charge >= 0.3 is 0 Å². The summed E-state index contributed by atoms with van der Waals surface area (Å²) in [6, 6.07) is 4.28. The predicted octanol–water partition coefficient (Wildman–Crippen LogP) is 2.38. The van der Waals surface area contributed by atoms with E-state index in [1.165, 1.54) is 18.2 Å². The molecule has 0 N–H and O–H groups in total. The second-order valence-corrected chi connectivity index (χ2v) is 7.67. The van der Waals surface area contributed by atoms with Crippen molar-refractivity contribution < 1.29 is 17.9 Å². The van der Waals surface area contributed by atoms with E-state index in [0.29, 0.717) is 18.0 Å². The molecule has 1 amide bonds. The predicted molar refractivity (Wildman–Crippen MR) is 76.8 cm³/mol. The van der Waals surface area contributed by atoms with E-state index in [4.69, 9.17) is 15.4 Å². The topological polar surface area (TPSA) is 63.7 Å². The van der Waals surface area contributed by atoms with Crippen LogP contribution in [0.4, 0.5) is 5.69 Å². The molecule has 110 valence electrons. The molecular formula is C13H16ClNO4S. The number of rotatable bonds is 2. The molecule has 0 saturated carbocycles. The Bertz CT molecular complexity index is 642. The van der Waals surface area contributed by atoms with E-state index >= 15 is 0 Å². The van der Waals surface area contributed by atoms with Gasteiger partial charge in [0.2, 0.25) is 5.91 Å². The number of amides is 1. The maximum atomic E-state index is 12.3. The van der Waals surface area contributed by atoms with Crippen LogP contribution in [0, 0.1) is 5.92 Å². The Hall–Kier alpha value is -1.27. The summed E-state index contributed by atoms with van der Waals surface area (Å²) < 4.78 is 28.5. The minimum Gasteiger partial charge on any atom is -0.487 e. The van der Waals surface area contributed by atoms with E-state index in [2.05, 4.69) is 0 Å². The number of ether oxygens (including phenoxy) is 1.